The third-order valence-corrected chi connectivity index (χ3v) is 5.55. The molecule has 158 valence electrons. The molecule has 0 saturated carbocycles. The number of H-pyrrole nitrogens is 1. The van der Waals surface area contributed by atoms with Gasteiger partial charge in [-0.2, -0.15) is 5.26 Å². The van der Waals surface area contributed by atoms with Gasteiger partial charge in [0.15, 0.2) is 0 Å². The SMILES string of the molecule is COc1ccc(-c2nc(NCc3ccccc3CN3CCCC3)[nH]c(=O)c2C#N)cc1. The molecule has 3 aromatic rings. The van der Waals surface area contributed by atoms with E-state index in [9.17, 15) is 10.1 Å². The number of likely N-dealkylation sites (tertiary alicyclic amines) is 1. The van der Waals surface area contributed by atoms with E-state index in [4.69, 9.17) is 4.74 Å². The number of aromatic amines is 1. The van der Waals surface area contributed by atoms with Crippen molar-refractivity contribution < 1.29 is 4.74 Å². The molecule has 31 heavy (non-hydrogen) atoms. The Bertz CT molecular complexity index is 1140. The molecular formula is C24H25N5O2. The number of hydrogen-bond donors (Lipinski definition) is 2. The fourth-order valence-corrected chi connectivity index (χ4v) is 3.86. The first-order valence-electron chi connectivity index (χ1n) is 10.4. The first-order chi connectivity index (χ1) is 15.2. The van der Waals surface area contributed by atoms with E-state index in [-0.39, 0.29) is 5.56 Å². The van der Waals surface area contributed by atoms with Crippen molar-refractivity contribution in [3.63, 3.8) is 0 Å². The lowest BCUT2D eigenvalue weighted by atomic mass is 10.1. The molecule has 0 spiro atoms. The second-order valence-corrected chi connectivity index (χ2v) is 7.58. The van der Waals surface area contributed by atoms with Gasteiger partial charge in [0.1, 0.15) is 17.4 Å². The van der Waals surface area contributed by atoms with Gasteiger partial charge in [-0.25, -0.2) is 4.98 Å². The van der Waals surface area contributed by atoms with Crippen molar-refractivity contribution in [2.24, 2.45) is 0 Å². The lowest BCUT2D eigenvalue weighted by Gasteiger charge is -2.18. The molecule has 1 aromatic heterocycles. The second kappa shape index (κ2) is 9.45. The standard InChI is InChI=1S/C24H25N5O2/c1-31-20-10-8-17(9-11-20)22-21(14-25)23(30)28-24(27-22)26-15-18-6-2-3-7-19(18)16-29-12-4-5-13-29/h2-3,6-11H,4-5,12-13,15-16H2,1H3,(H2,26,27,28,30). The molecule has 0 bridgehead atoms. The smallest absolute Gasteiger partial charge is 0.270 e. The van der Waals surface area contributed by atoms with E-state index in [1.165, 1.54) is 18.4 Å². The Hall–Kier alpha value is -3.63. The van der Waals surface area contributed by atoms with Crippen LogP contribution in [0, 0.1) is 11.3 Å². The molecule has 1 fully saturated rings. The van der Waals surface area contributed by atoms with Crippen molar-refractivity contribution in [3.05, 3.63) is 75.6 Å². The van der Waals surface area contributed by atoms with Gasteiger partial charge in [-0.3, -0.25) is 14.7 Å². The van der Waals surface area contributed by atoms with Gasteiger partial charge in [0.05, 0.1) is 12.8 Å². The Labute approximate surface area is 181 Å². The van der Waals surface area contributed by atoms with Crippen molar-refractivity contribution in [1.82, 2.24) is 14.9 Å². The van der Waals surface area contributed by atoms with Crippen molar-refractivity contribution in [2.75, 3.05) is 25.5 Å². The fourth-order valence-electron chi connectivity index (χ4n) is 3.86. The molecule has 1 aliphatic heterocycles. The van der Waals surface area contributed by atoms with E-state index >= 15 is 0 Å². The number of ether oxygens (including phenoxy) is 1. The number of aromatic nitrogens is 2. The maximum absolute atomic E-state index is 12.5. The lowest BCUT2D eigenvalue weighted by Crippen LogP contribution is -2.20. The van der Waals surface area contributed by atoms with Crippen molar-refractivity contribution in [3.8, 4) is 23.1 Å². The topological polar surface area (TPSA) is 94.0 Å². The molecule has 2 aromatic carbocycles. The largest absolute Gasteiger partial charge is 0.497 e. The lowest BCUT2D eigenvalue weighted by molar-refractivity contribution is 0.330. The highest BCUT2D eigenvalue weighted by Gasteiger charge is 2.15. The molecule has 7 nitrogen and oxygen atoms in total. The number of methoxy groups -OCH3 is 1. The van der Waals surface area contributed by atoms with Crippen LogP contribution < -0.4 is 15.6 Å². The Morgan fingerprint density at radius 1 is 1.13 bits per heavy atom. The zero-order chi connectivity index (χ0) is 21.6. The van der Waals surface area contributed by atoms with Crippen LogP contribution in [0.2, 0.25) is 0 Å². The molecule has 1 aliphatic rings. The van der Waals surface area contributed by atoms with Gasteiger partial charge in [0.2, 0.25) is 5.95 Å². The van der Waals surface area contributed by atoms with Gasteiger partial charge in [0.25, 0.3) is 5.56 Å². The minimum absolute atomic E-state index is 0.00912. The molecule has 2 N–H and O–H groups in total. The molecule has 7 heteroatoms. The Kier molecular flexibility index (Phi) is 6.29. The number of benzene rings is 2. The van der Waals surface area contributed by atoms with E-state index in [1.807, 2.05) is 12.1 Å². The number of nitrogens with one attached hydrogen (secondary N) is 2. The summed E-state index contributed by atoms with van der Waals surface area (Å²) in [6, 6.07) is 17.4. The van der Waals surface area contributed by atoms with Crippen LogP contribution in [0.4, 0.5) is 5.95 Å². The van der Waals surface area contributed by atoms with E-state index in [0.29, 0.717) is 29.5 Å². The van der Waals surface area contributed by atoms with Gasteiger partial charge in [-0.1, -0.05) is 24.3 Å². The molecule has 0 amide bonds. The molecule has 4 rings (SSSR count). The van der Waals surface area contributed by atoms with Gasteiger partial charge < -0.3 is 10.1 Å². The minimum atomic E-state index is -0.462. The Balaban J connectivity index is 1.58. The average Bonchev–Trinajstić information content (AvgIpc) is 3.31. The summed E-state index contributed by atoms with van der Waals surface area (Å²) in [6.07, 6.45) is 2.51. The van der Waals surface area contributed by atoms with Crippen LogP contribution in [-0.4, -0.2) is 35.1 Å². The molecule has 0 atom stereocenters. The average molecular weight is 415 g/mol. The number of hydrogen-bond acceptors (Lipinski definition) is 6. The van der Waals surface area contributed by atoms with Crippen LogP contribution in [-0.2, 0) is 13.1 Å². The predicted molar refractivity (Wildman–Crippen MR) is 120 cm³/mol. The van der Waals surface area contributed by atoms with Crippen molar-refractivity contribution >= 4 is 5.95 Å². The summed E-state index contributed by atoms with van der Waals surface area (Å²) in [4.78, 5) is 22.2. The highest BCUT2D eigenvalue weighted by Crippen LogP contribution is 2.23. The summed E-state index contributed by atoms with van der Waals surface area (Å²) in [5, 5.41) is 12.7. The van der Waals surface area contributed by atoms with Crippen LogP contribution in [0.25, 0.3) is 11.3 Å². The predicted octanol–water partition coefficient (Wildman–Crippen LogP) is 3.53. The normalized spacial score (nSPS) is 13.7. The number of nitriles is 1. The Morgan fingerprint density at radius 2 is 1.84 bits per heavy atom. The summed E-state index contributed by atoms with van der Waals surface area (Å²) in [5.41, 5.74) is 2.99. The van der Waals surface area contributed by atoms with Crippen LogP contribution in [0.3, 0.4) is 0 Å². The van der Waals surface area contributed by atoms with E-state index in [2.05, 4.69) is 38.4 Å². The third kappa shape index (κ3) is 4.76. The zero-order valence-corrected chi connectivity index (χ0v) is 17.5. The maximum atomic E-state index is 12.5. The first-order valence-corrected chi connectivity index (χ1v) is 10.4. The highest BCUT2D eigenvalue weighted by atomic mass is 16.5. The molecule has 0 radical (unpaired) electrons. The van der Waals surface area contributed by atoms with Gasteiger partial charge >= 0.3 is 0 Å². The number of anilines is 1. The minimum Gasteiger partial charge on any atom is -0.497 e. The Morgan fingerprint density at radius 3 is 2.52 bits per heavy atom. The van der Waals surface area contributed by atoms with Crippen molar-refractivity contribution in [1.29, 1.82) is 5.26 Å². The summed E-state index contributed by atoms with van der Waals surface area (Å²) in [5.74, 6) is 1.03. The van der Waals surface area contributed by atoms with E-state index in [1.54, 1.807) is 31.4 Å². The maximum Gasteiger partial charge on any atom is 0.270 e. The zero-order valence-electron chi connectivity index (χ0n) is 17.5. The molecule has 1 saturated heterocycles. The molecule has 0 aliphatic carbocycles. The molecule has 2 heterocycles. The summed E-state index contributed by atoms with van der Waals surface area (Å²) < 4.78 is 5.19. The second-order valence-electron chi connectivity index (χ2n) is 7.58. The summed E-state index contributed by atoms with van der Waals surface area (Å²) in [7, 11) is 1.59. The molecular weight excluding hydrogens is 390 g/mol. The molecule has 0 unspecified atom stereocenters. The fraction of sp³-hybridized carbons (Fsp3) is 0.292. The summed E-state index contributed by atoms with van der Waals surface area (Å²) in [6.45, 7) is 3.72. The van der Waals surface area contributed by atoms with Crippen LogP contribution in [0.5, 0.6) is 5.75 Å². The number of nitrogens with zero attached hydrogens (tertiary/aromatic N) is 3. The number of rotatable bonds is 7. The van der Waals surface area contributed by atoms with Gasteiger partial charge in [-0.15, -0.1) is 0 Å². The van der Waals surface area contributed by atoms with Crippen LogP contribution in [0.1, 0.15) is 29.5 Å². The highest BCUT2D eigenvalue weighted by molar-refractivity contribution is 5.67. The van der Waals surface area contributed by atoms with E-state index < -0.39 is 5.56 Å². The van der Waals surface area contributed by atoms with Gasteiger partial charge in [0, 0.05) is 18.7 Å². The van der Waals surface area contributed by atoms with Crippen LogP contribution >= 0.6 is 0 Å². The monoisotopic (exact) mass is 415 g/mol. The third-order valence-electron chi connectivity index (χ3n) is 5.55. The van der Waals surface area contributed by atoms with Gasteiger partial charge in [-0.05, 0) is 61.3 Å². The van der Waals surface area contributed by atoms with Crippen molar-refractivity contribution in [2.45, 2.75) is 25.9 Å². The summed E-state index contributed by atoms with van der Waals surface area (Å²) >= 11 is 0. The van der Waals surface area contributed by atoms with E-state index in [0.717, 1.165) is 25.2 Å². The quantitative estimate of drug-likeness (QED) is 0.613. The first kappa shape index (κ1) is 20.6. The van der Waals surface area contributed by atoms with Crippen LogP contribution in [0.15, 0.2) is 53.3 Å².